The number of ether oxygens (including phenoxy) is 2. The van der Waals surface area contributed by atoms with Crippen molar-refractivity contribution in [2.75, 3.05) is 24.3 Å². The van der Waals surface area contributed by atoms with Gasteiger partial charge in [0.25, 0.3) is 0 Å². The van der Waals surface area contributed by atoms with Gasteiger partial charge in [-0.25, -0.2) is 0 Å². The molecule has 184 valence electrons. The summed E-state index contributed by atoms with van der Waals surface area (Å²) >= 11 is 6.16. The van der Waals surface area contributed by atoms with Gasteiger partial charge in [-0.1, -0.05) is 23.7 Å². The van der Waals surface area contributed by atoms with Crippen molar-refractivity contribution in [3.05, 3.63) is 89.2 Å². The standard InChI is InChI=1S/C29H24ClN5O2/c30-21-3-1-2-18(10-21)16-35-8-6-19-11-22(4-5-27(19)35)34-29-20(14-31)15-33-26-13-28(25(32)12-24(26)29)37-23-7-9-36-17-23/h1-6,8,10-13,15,23H,7,9,16-17,32H2,(H,33,34). The number of halogens is 1. The normalized spacial score (nSPS) is 15.2. The van der Waals surface area contributed by atoms with E-state index in [0.29, 0.717) is 41.4 Å². The number of nitrogens with two attached hydrogens (primary N) is 1. The van der Waals surface area contributed by atoms with E-state index in [0.717, 1.165) is 45.5 Å². The molecule has 1 unspecified atom stereocenters. The highest BCUT2D eigenvalue weighted by atomic mass is 35.5. The summed E-state index contributed by atoms with van der Waals surface area (Å²) in [6.07, 6.45) is 4.45. The topological polar surface area (TPSA) is 98.1 Å². The Hall–Kier alpha value is -4.25. The predicted molar refractivity (Wildman–Crippen MR) is 146 cm³/mol. The van der Waals surface area contributed by atoms with Crippen LogP contribution in [0.4, 0.5) is 17.1 Å². The number of anilines is 3. The molecule has 0 saturated carbocycles. The van der Waals surface area contributed by atoms with Gasteiger partial charge < -0.3 is 25.1 Å². The fraction of sp³-hybridized carbons (Fsp3) is 0.172. The van der Waals surface area contributed by atoms with Gasteiger partial charge in [-0.3, -0.25) is 4.98 Å². The second-order valence-corrected chi connectivity index (χ2v) is 9.58. The maximum absolute atomic E-state index is 9.79. The summed E-state index contributed by atoms with van der Waals surface area (Å²) in [5, 5.41) is 15.8. The van der Waals surface area contributed by atoms with Crippen LogP contribution >= 0.6 is 11.6 Å². The number of nitrogen functional groups attached to an aromatic ring is 1. The van der Waals surface area contributed by atoms with Gasteiger partial charge in [0.2, 0.25) is 0 Å². The number of hydrogen-bond acceptors (Lipinski definition) is 6. The number of nitrogens with zero attached hydrogens (tertiary/aromatic N) is 3. The molecular formula is C29H24ClN5O2. The molecule has 7 nitrogen and oxygen atoms in total. The summed E-state index contributed by atoms with van der Waals surface area (Å²) in [4.78, 5) is 4.49. The molecule has 0 bridgehead atoms. The highest BCUT2D eigenvalue weighted by Gasteiger charge is 2.20. The van der Waals surface area contributed by atoms with Crippen LogP contribution in [-0.2, 0) is 11.3 Å². The van der Waals surface area contributed by atoms with Crippen molar-refractivity contribution in [1.82, 2.24) is 9.55 Å². The fourth-order valence-electron chi connectivity index (χ4n) is 4.74. The molecule has 1 fully saturated rings. The third-order valence-corrected chi connectivity index (χ3v) is 6.82. The van der Waals surface area contributed by atoms with Gasteiger partial charge in [-0.05, 0) is 48.0 Å². The van der Waals surface area contributed by atoms with Crippen LogP contribution in [0.2, 0.25) is 5.02 Å². The lowest BCUT2D eigenvalue weighted by molar-refractivity contribution is 0.142. The highest BCUT2D eigenvalue weighted by molar-refractivity contribution is 6.30. The number of pyridine rings is 1. The molecule has 0 spiro atoms. The average Bonchev–Trinajstić information content (AvgIpc) is 3.55. The Morgan fingerprint density at radius 1 is 1.19 bits per heavy atom. The van der Waals surface area contributed by atoms with Crippen LogP contribution in [-0.4, -0.2) is 28.9 Å². The lowest BCUT2D eigenvalue weighted by Gasteiger charge is -2.17. The predicted octanol–water partition coefficient (Wildman–Crippen LogP) is 6.26. The Morgan fingerprint density at radius 3 is 2.92 bits per heavy atom. The minimum absolute atomic E-state index is 0.0198. The van der Waals surface area contributed by atoms with Crippen LogP contribution in [0.25, 0.3) is 21.8 Å². The Bertz CT molecular complexity index is 1670. The summed E-state index contributed by atoms with van der Waals surface area (Å²) < 4.78 is 13.6. The van der Waals surface area contributed by atoms with Crippen molar-refractivity contribution in [2.24, 2.45) is 0 Å². The molecule has 1 aliphatic rings. The molecule has 3 aromatic carbocycles. The zero-order valence-electron chi connectivity index (χ0n) is 19.9. The van der Waals surface area contributed by atoms with Gasteiger partial charge in [0, 0.05) is 58.4 Å². The molecule has 1 aliphatic heterocycles. The van der Waals surface area contributed by atoms with Gasteiger partial charge in [0.15, 0.2) is 0 Å². The first kappa shape index (κ1) is 23.2. The molecule has 0 amide bonds. The molecule has 6 rings (SSSR count). The van der Waals surface area contributed by atoms with E-state index in [1.54, 1.807) is 6.20 Å². The molecule has 0 radical (unpaired) electrons. The minimum atomic E-state index is -0.0198. The van der Waals surface area contributed by atoms with Crippen LogP contribution in [0.3, 0.4) is 0 Å². The lowest BCUT2D eigenvalue weighted by Crippen LogP contribution is -2.16. The van der Waals surface area contributed by atoms with E-state index < -0.39 is 0 Å². The van der Waals surface area contributed by atoms with Crippen molar-refractivity contribution >= 4 is 50.5 Å². The Kier molecular flexibility index (Phi) is 6.05. The zero-order chi connectivity index (χ0) is 25.4. The second-order valence-electron chi connectivity index (χ2n) is 9.14. The molecule has 0 aliphatic carbocycles. The molecule has 1 saturated heterocycles. The largest absolute Gasteiger partial charge is 0.486 e. The molecule has 37 heavy (non-hydrogen) atoms. The van der Waals surface area contributed by atoms with Gasteiger partial charge in [0.05, 0.1) is 35.7 Å². The second kappa shape index (κ2) is 9.66. The fourth-order valence-corrected chi connectivity index (χ4v) is 4.95. The molecule has 8 heteroatoms. The first-order valence-electron chi connectivity index (χ1n) is 12.0. The number of aromatic nitrogens is 2. The van der Waals surface area contributed by atoms with Gasteiger partial charge in [0.1, 0.15) is 17.9 Å². The van der Waals surface area contributed by atoms with E-state index in [9.17, 15) is 5.26 Å². The van der Waals surface area contributed by atoms with Crippen LogP contribution in [0.5, 0.6) is 5.75 Å². The van der Waals surface area contributed by atoms with Crippen molar-refractivity contribution in [3.8, 4) is 11.8 Å². The van der Waals surface area contributed by atoms with E-state index in [4.69, 9.17) is 26.8 Å². The quantitative estimate of drug-likeness (QED) is 0.262. The molecular weight excluding hydrogens is 486 g/mol. The van der Waals surface area contributed by atoms with Gasteiger partial charge in [-0.15, -0.1) is 0 Å². The van der Waals surface area contributed by atoms with Crippen LogP contribution < -0.4 is 15.8 Å². The summed E-state index contributed by atoms with van der Waals surface area (Å²) in [5.74, 6) is 0.577. The van der Waals surface area contributed by atoms with E-state index in [-0.39, 0.29) is 6.10 Å². The highest BCUT2D eigenvalue weighted by Crippen LogP contribution is 2.36. The molecule has 3 heterocycles. The first-order chi connectivity index (χ1) is 18.1. The van der Waals surface area contributed by atoms with E-state index in [2.05, 4.69) is 51.4 Å². The van der Waals surface area contributed by atoms with Crippen molar-refractivity contribution < 1.29 is 9.47 Å². The Balaban J connectivity index is 1.32. The van der Waals surface area contributed by atoms with Crippen LogP contribution in [0.1, 0.15) is 17.5 Å². The Morgan fingerprint density at radius 2 is 2.11 bits per heavy atom. The number of hydrogen-bond donors (Lipinski definition) is 2. The van der Waals surface area contributed by atoms with Crippen molar-refractivity contribution in [3.63, 3.8) is 0 Å². The van der Waals surface area contributed by atoms with Crippen LogP contribution in [0, 0.1) is 11.3 Å². The van der Waals surface area contributed by atoms with Crippen molar-refractivity contribution in [1.29, 1.82) is 5.26 Å². The summed E-state index contributed by atoms with van der Waals surface area (Å²) in [7, 11) is 0. The zero-order valence-corrected chi connectivity index (χ0v) is 20.7. The maximum Gasteiger partial charge on any atom is 0.144 e. The summed E-state index contributed by atoms with van der Waals surface area (Å²) in [5.41, 5.74) is 11.7. The van der Waals surface area contributed by atoms with Crippen LogP contribution in [0.15, 0.2) is 73.1 Å². The maximum atomic E-state index is 9.79. The Labute approximate surface area is 219 Å². The molecule has 3 N–H and O–H groups in total. The summed E-state index contributed by atoms with van der Waals surface area (Å²) in [6, 6.07) is 22.0. The molecule has 2 aromatic heterocycles. The number of nitriles is 1. The smallest absolute Gasteiger partial charge is 0.144 e. The SMILES string of the molecule is N#Cc1cnc2cc(OC3CCOC3)c(N)cc2c1Nc1ccc2c(ccn2Cc2cccc(Cl)c2)c1. The lowest BCUT2D eigenvalue weighted by atomic mass is 10.1. The van der Waals surface area contributed by atoms with E-state index in [1.807, 2.05) is 36.4 Å². The number of benzene rings is 3. The number of fused-ring (bicyclic) bond motifs is 2. The molecule has 5 aromatic rings. The van der Waals surface area contributed by atoms with Crippen molar-refractivity contribution in [2.45, 2.75) is 19.1 Å². The average molecular weight is 510 g/mol. The number of rotatable bonds is 6. The monoisotopic (exact) mass is 509 g/mol. The summed E-state index contributed by atoms with van der Waals surface area (Å²) in [6.45, 7) is 1.96. The van der Waals surface area contributed by atoms with Gasteiger partial charge in [-0.2, -0.15) is 5.26 Å². The molecule has 1 atom stereocenters. The third-order valence-electron chi connectivity index (χ3n) is 6.58. The number of nitrogens with one attached hydrogen (secondary N) is 1. The first-order valence-corrected chi connectivity index (χ1v) is 12.4. The van der Waals surface area contributed by atoms with E-state index >= 15 is 0 Å². The van der Waals surface area contributed by atoms with Gasteiger partial charge >= 0.3 is 0 Å². The van der Waals surface area contributed by atoms with E-state index in [1.165, 1.54) is 0 Å². The minimum Gasteiger partial charge on any atom is -0.486 e. The third kappa shape index (κ3) is 4.65.